The average molecular weight is 390 g/mol. The van der Waals surface area contributed by atoms with Crippen LogP contribution in [0.15, 0.2) is 24.3 Å². The lowest BCUT2D eigenvalue weighted by molar-refractivity contribution is -0.136. The zero-order valence-electron chi connectivity index (χ0n) is 15.4. The van der Waals surface area contributed by atoms with Gasteiger partial charge in [0.05, 0.1) is 22.9 Å². The van der Waals surface area contributed by atoms with Crippen molar-refractivity contribution >= 4 is 27.5 Å². The summed E-state index contributed by atoms with van der Waals surface area (Å²) in [4.78, 5) is 24.5. The minimum atomic E-state index is -3.30. The molecular formula is C18H22N4O4S. The molecule has 8 nitrogen and oxygen atoms in total. The first-order valence-corrected chi connectivity index (χ1v) is 10.5. The van der Waals surface area contributed by atoms with Crippen LogP contribution >= 0.6 is 0 Å². The second-order valence-corrected chi connectivity index (χ2v) is 8.81. The highest BCUT2D eigenvalue weighted by Gasteiger charge is 2.34. The van der Waals surface area contributed by atoms with Crippen LogP contribution in [0.4, 0.5) is 5.82 Å². The predicted octanol–water partition coefficient (Wildman–Crippen LogP) is 1.46. The van der Waals surface area contributed by atoms with Crippen LogP contribution in [-0.4, -0.2) is 36.1 Å². The van der Waals surface area contributed by atoms with Crippen molar-refractivity contribution in [3.8, 4) is 5.69 Å². The Bertz CT molecular complexity index is 1010. The quantitative estimate of drug-likeness (QED) is 0.768. The molecule has 2 N–H and O–H groups in total. The summed E-state index contributed by atoms with van der Waals surface area (Å²) in [6, 6.07) is 7.27. The van der Waals surface area contributed by atoms with E-state index in [1.165, 1.54) is 4.68 Å². The van der Waals surface area contributed by atoms with E-state index in [4.69, 9.17) is 0 Å². The molecule has 0 radical (unpaired) electrons. The number of aromatic nitrogens is 2. The van der Waals surface area contributed by atoms with Crippen LogP contribution < -0.4 is 10.6 Å². The number of rotatable bonds is 4. The molecule has 1 aliphatic rings. The first-order chi connectivity index (χ1) is 12.7. The minimum absolute atomic E-state index is 0.143. The SMILES string of the molecule is CCC(C)NC(=O)C(=O)Nc1c2c(nn1-c1ccccc1C)CS(=O)(=O)C2. The Morgan fingerprint density at radius 1 is 1.22 bits per heavy atom. The molecule has 1 aromatic carbocycles. The van der Waals surface area contributed by atoms with Crippen LogP contribution in [0, 0.1) is 6.92 Å². The third-order valence-corrected chi connectivity index (χ3v) is 6.00. The summed E-state index contributed by atoms with van der Waals surface area (Å²) in [5.74, 6) is -1.78. The molecule has 0 saturated carbocycles. The van der Waals surface area contributed by atoms with Crippen molar-refractivity contribution in [3.63, 3.8) is 0 Å². The average Bonchev–Trinajstić information content (AvgIpc) is 3.07. The molecular weight excluding hydrogens is 368 g/mol. The van der Waals surface area contributed by atoms with Crippen LogP contribution in [0.3, 0.4) is 0 Å². The van der Waals surface area contributed by atoms with E-state index < -0.39 is 21.7 Å². The molecule has 0 bridgehead atoms. The molecule has 1 atom stereocenters. The Labute approximate surface area is 157 Å². The highest BCUT2D eigenvalue weighted by Crippen LogP contribution is 2.33. The molecule has 0 spiro atoms. The summed E-state index contributed by atoms with van der Waals surface area (Å²) in [5, 5.41) is 9.56. The number of carbonyl (C=O) groups is 2. The van der Waals surface area contributed by atoms with Crippen LogP contribution in [-0.2, 0) is 30.9 Å². The van der Waals surface area contributed by atoms with Gasteiger partial charge in [0.15, 0.2) is 9.84 Å². The smallest absolute Gasteiger partial charge is 0.314 e. The first kappa shape index (κ1) is 19.1. The van der Waals surface area contributed by atoms with Crippen molar-refractivity contribution in [2.24, 2.45) is 0 Å². The molecule has 2 amide bonds. The second-order valence-electron chi connectivity index (χ2n) is 6.74. The van der Waals surface area contributed by atoms with Gasteiger partial charge in [-0.3, -0.25) is 9.59 Å². The molecule has 1 aromatic heterocycles. The second kappa shape index (κ2) is 7.15. The maximum atomic E-state index is 12.4. The normalized spacial score (nSPS) is 15.8. The van der Waals surface area contributed by atoms with Crippen LogP contribution in [0.2, 0.25) is 0 Å². The van der Waals surface area contributed by atoms with Gasteiger partial charge in [0.2, 0.25) is 0 Å². The third-order valence-electron chi connectivity index (χ3n) is 4.56. The molecule has 3 rings (SSSR count). The van der Waals surface area contributed by atoms with Crippen LogP contribution in [0.1, 0.15) is 37.1 Å². The summed E-state index contributed by atoms with van der Waals surface area (Å²) in [5.41, 5.74) is 2.45. The standard InChI is InChI=1S/C18H22N4O4S/c1-4-12(3)19-17(23)18(24)20-16-13-9-27(25,26)10-14(13)21-22(16)15-8-6-5-7-11(15)2/h5-8,12H,4,9-10H2,1-3H3,(H,19,23)(H,20,24). The number of benzene rings is 1. The Morgan fingerprint density at radius 2 is 1.93 bits per heavy atom. The van der Waals surface area contributed by atoms with Crippen molar-refractivity contribution in [3.05, 3.63) is 41.1 Å². The summed E-state index contributed by atoms with van der Waals surface area (Å²) >= 11 is 0. The zero-order chi connectivity index (χ0) is 19.8. The van der Waals surface area contributed by atoms with Gasteiger partial charge in [-0.2, -0.15) is 5.10 Å². The Kier molecular flexibility index (Phi) is 5.05. The van der Waals surface area contributed by atoms with E-state index in [0.717, 1.165) is 5.56 Å². The van der Waals surface area contributed by atoms with Crippen molar-refractivity contribution in [2.75, 3.05) is 5.32 Å². The maximum absolute atomic E-state index is 12.4. The van der Waals surface area contributed by atoms with E-state index in [9.17, 15) is 18.0 Å². The molecule has 0 aliphatic carbocycles. The van der Waals surface area contributed by atoms with Crippen LogP contribution in [0.5, 0.6) is 0 Å². The minimum Gasteiger partial charge on any atom is -0.345 e. The van der Waals surface area contributed by atoms with Crippen molar-refractivity contribution < 1.29 is 18.0 Å². The predicted molar refractivity (Wildman–Crippen MR) is 101 cm³/mol. The fourth-order valence-electron chi connectivity index (χ4n) is 2.90. The molecule has 0 saturated heterocycles. The molecule has 0 fully saturated rings. The molecule has 1 unspecified atom stereocenters. The van der Waals surface area contributed by atoms with E-state index >= 15 is 0 Å². The number of carbonyl (C=O) groups excluding carboxylic acids is 2. The molecule has 2 aromatic rings. The summed E-state index contributed by atoms with van der Waals surface area (Å²) in [6.45, 7) is 5.58. The van der Waals surface area contributed by atoms with Gasteiger partial charge in [-0.15, -0.1) is 0 Å². The van der Waals surface area contributed by atoms with Gasteiger partial charge in [-0.1, -0.05) is 25.1 Å². The number of nitrogens with zero attached hydrogens (tertiary/aromatic N) is 2. The Hall–Kier alpha value is -2.68. The van der Waals surface area contributed by atoms with E-state index in [-0.39, 0.29) is 23.4 Å². The molecule has 144 valence electrons. The number of aryl methyl sites for hydroxylation is 1. The highest BCUT2D eigenvalue weighted by molar-refractivity contribution is 7.90. The fraction of sp³-hybridized carbons (Fsp3) is 0.389. The number of para-hydroxylation sites is 1. The van der Waals surface area contributed by atoms with Gasteiger partial charge in [-0.05, 0) is 31.9 Å². The lowest BCUT2D eigenvalue weighted by atomic mass is 10.2. The highest BCUT2D eigenvalue weighted by atomic mass is 32.2. The van der Waals surface area contributed by atoms with Gasteiger partial charge >= 0.3 is 11.8 Å². The van der Waals surface area contributed by atoms with Gasteiger partial charge in [-0.25, -0.2) is 13.1 Å². The van der Waals surface area contributed by atoms with Gasteiger partial charge < -0.3 is 10.6 Å². The van der Waals surface area contributed by atoms with E-state index in [2.05, 4.69) is 15.7 Å². The lowest BCUT2D eigenvalue weighted by Gasteiger charge is -2.14. The third kappa shape index (κ3) is 3.87. The number of amides is 2. The fourth-order valence-corrected chi connectivity index (χ4v) is 4.40. The monoisotopic (exact) mass is 390 g/mol. The molecule has 2 heterocycles. The van der Waals surface area contributed by atoms with E-state index in [0.29, 0.717) is 23.4 Å². The van der Waals surface area contributed by atoms with E-state index in [1.807, 2.05) is 38.1 Å². The van der Waals surface area contributed by atoms with Crippen molar-refractivity contribution in [2.45, 2.75) is 44.7 Å². The Morgan fingerprint density at radius 3 is 2.59 bits per heavy atom. The topological polar surface area (TPSA) is 110 Å². The lowest BCUT2D eigenvalue weighted by Crippen LogP contribution is -2.40. The molecule has 1 aliphatic heterocycles. The van der Waals surface area contributed by atoms with Gasteiger partial charge in [0.25, 0.3) is 0 Å². The van der Waals surface area contributed by atoms with Gasteiger partial charge in [0, 0.05) is 11.6 Å². The number of anilines is 1. The summed E-state index contributed by atoms with van der Waals surface area (Å²) in [6.07, 6.45) is 0.688. The largest absolute Gasteiger partial charge is 0.345 e. The van der Waals surface area contributed by atoms with Crippen molar-refractivity contribution in [1.82, 2.24) is 15.1 Å². The molecule has 9 heteroatoms. The summed E-state index contributed by atoms with van der Waals surface area (Å²) in [7, 11) is -3.30. The maximum Gasteiger partial charge on any atom is 0.314 e. The number of sulfone groups is 1. The number of hydrogen-bond acceptors (Lipinski definition) is 5. The zero-order valence-corrected chi connectivity index (χ0v) is 16.3. The Balaban J connectivity index is 1.99. The first-order valence-electron chi connectivity index (χ1n) is 8.71. The number of nitrogens with one attached hydrogen (secondary N) is 2. The summed E-state index contributed by atoms with van der Waals surface area (Å²) < 4.78 is 25.5. The molecule has 27 heavy (non-hydrogen) atoms. The number of fused-ring (bicyclic) bond motifs is 1. The van der Waals surface area contributed by atoms with Crippen molar-refractivity contribution in [1.29, 1.82) is 0 Å². The number of hydrogen-bond donors (Lipinski definition) is 2. The van der Waals surface area contributed by atoms with E-state index in [1.54, 1.807) is 6.92 Å². The van der Waals surface area contributed by atoms with Crippen LogP contribution in [0.25, 0.3) is 5.69 Å². The van der Waals surface area contributed by atoms with Gasteiger partial charge in [0.1, 0.15) is 5.82 Å².